The van der Waals surface area contributed by atoms with Crippen LogP contribution in [0.15, 0.2) is 77.5 Å². The summed E-state index contributed by atoms with van der Waals surface area (Å²) in [6.07, 6.45) is 6.89. The van der Waals surface area contributed by atoms with Crippen LogP contribution in [0.2, 0.25) is 0 Å². The van der Waals surface area contributed by atoms with Crippen LogP contribution in [0.5, 0.6) is 0 Å². The maximum Gasteiger partial charge on any atom is 0.273 e. The number of aliphatic hydroxyl groups excluding tert-OH is 1. The molecular formula is C25H29N3O5. The van der Waals surface area contributed by atoms with E-state index in [1.165, 1.54) is 12.3 Å². The number of carbonyl (C=O) groups is 3. The number of aromatic nitrogens is 1. The van der Waals surface area contributed by atoms with Crippen LogP contribution in [0.25, 0.3) is 0 Å². The number of Topliss-reactive ketones (excluding diaryl/α,β-unsaturated/α-hetero) is 1. The van der Waals surface area contributed by atoms with Gasteiger partial charge in [0.25, 0.3) is 5.91 Å². The van der Waals surface area contributed by atoms with Gasteiger partial charge in [0.1, 0.15) is 12.0 Å². The third kappa shape index (κ3) is 9.92. The van der Waals surface area contributed by atoms with Crippen molar-refractivity contribution >= 4 is 17.6 Å². The first-order valence-electron chi connectivity index (χ1n) is 10.6. The van der Waals surface area contributed by atoms with E-state index in [4.69, 9.17) is 4.42 Å². The van der Waals surface area contributed by atoms with Gasteiger partial charge in [-0.2, -0.15) is 0 Å². The Kier molecular flexibility index (Phi) is 10.5. The first-order valence-corrected chi connectivity index (χ1v) is 10.6. The Morgan fingerprint density at radius 1 is 1.21 bits per heavy atom. The topological polar surface area (TPSA) is 122 Å². The van der Waals surface area contributed by atoms with Crippen LogP contribution < -0.4 is 10.6 Å². The number of ketones is 1. The van der Waals surface area contributed by atoms with E-state index in [0.29, 0.717) is 19.5 Å². The lowest BCUT2D eigenvalue weighted by Gasteiger charge is -2.05. The highest BCUT2D eigenvalue weighted by atomic mass is 16.3. The molecule has 33 heavy (non-hydrogen) atoms. The maximum absolute atomic E-state index is 12.2. The molecule has 1 aromatic heterocycles. The highest BCUT2D eigenvalue weighted by Gasteiger charge is 2.16. The van der Waals surface area contributed by atoms with Crippen LogP contribution >= 0.6 is 0 Å². The molecule has 0 bridgehead atoms. The second kappa shape index (κ2) is 13.6. The fourth-order valence-corrected chi connectivity index (χ4v) is 2.92. The summed E-state index contributed by atoms with van der Waals surface area (Å²) in [5.41, 5.74) is 1.96. The van der Waals surface area contributed by atoms with Crippen LogP contribution in [0.1, 0.15) is 35.3 Å². The van der Waals surface area contributed by atoms with E-state index in [0.717, 1.165) is 11.1 Å². The van der Waals surface area contributed by atoms with Crippen LogP contribution in [0.4, 0.5) is 0 Å². The zero-order valence-electron chi connectivity index (χ0n) is 18.6. The number of rotatable bonds is 13. The Balaban J connectivity index is 1.75. The molecule has 0 radical (unpaired) electrons. The minimum atomic E-state index is -0.972. The van der Waals surface area contributed by atoms with Crippen LogP contribution in [-0.2, 0) is 22.4 Å². The molecule has 2 aromatic rings. The number of oxazole rings is 1. The number of nitrogens with zero attached hydrogens (tertiary/aromatic N) is 1. The van der Waals surface area contributed by atoms with Gasteiger partial charge in [-0.05, 0) is 25.0 Å². The normalized spacial score (nSPS) is 12.4. The number of aliphatic hydroxyl groups is 1. The van der Waals surface area contributed by atoms with Crippen molar-refractivity contribution in [2.75, 3.05) is 13.1 Å². The maximum atomic E-state index is 12.2. The average Bonchev–Trinajstić information content (AvgIpc) is 3.25. The van der Waals surface area contributed by atoms with Gasteiger partial charge in [0.15, 0.2) is 5.69 Å². The third-order valence-electron chi connectivity index (χ3n) is 4.53. The fraction of sp³-hybridized carbons (Fsp3) is 0.280. The number of hydrogen-bond donors (Lipinski definition) is 3. The zero-order valence-corrected chi connectivity index (χ0v) is 18.6. The van der Waals surface area contributed by atoms with Crippen LogP contribution in [0.3, 0.4) is 0 Å². The van der Waals surface area contributed by atoms with Crippen molar-refractivity contribution in [3.05, 3.63) is 90.2 Å². The second-order valence-electron chi connectivity index (χ2n) is 7.37. The number of nitrogens with one attached hydrogen (secondary N) is 2. The van der Waals surface area contributed by atoms with Gasteiger partial charge in [0, 0.05) is 19.5 Å². The first kappa shape index (κ1) is 25.5. The number of benzene rings is 1. The summed E-state index contributed by atoms with van der Waals surface area (Å²) < 4.78 is 5.24. The van der Waals surface area contributed by atoms with E-state index < -0.39 is 6.10 Å². The van der Waals surface area contributed by atoms with Crippen molar-refractivity contribution in [2.24, 2.45) is 0 Å². The van der Waals surface area contributed by atoms with Crippen LogP contribution in [0, 0.1) is 0 Å². The molecule has 1 atom stereocenters. The Morgan fingerprint density at radius 2 is 1.97 bits per heavy atom. The predicted molar refractivity (Wildman–Crippen MR) is 124 cm³/mol. The number of amides is 2. The van der Waals surface area contributed by atoms with Crippen molar-refractivity contribution in [1.82, 2.24) is 15.6 Å². The molecule has 0 aliphatic rings. The van der Waals surface area contributed by atoms with Gasteiger partial charge in [-0.25, -0.2) is 4.98 Å². The Morgan fingerprint density at radius 3 is 2.70 bits per heavy atom. The van der Waals surface area contributed by atoms with E-state index in [9.17, 15) is 19.5 Å². The fourth-order valence-electron chi connectivity index (χ4n) is 2.92. The van der Waals surface area contributed by atoms with Crippen molar-refractivity contribution < 1.29 is 23.9 Å². The number of hydrogen-bond acceptors (Lipinski definition) is 6. The molecule has 8 nitrogen and oxygen atoms in total. The third-order valence-corrected chi connectivity index (χ3v) is 4.53. The Bertz CT molecular complexity index is 1010. The molecule has 0 saturated carbocycles. The highest BCUT2D eigenvalue weighted by molar-refractivity contribution is 5.92. The predicted octanol–water partition coefficient (Wildman–Crippen LogP) is 2.31. The first-order chi connectivity index (χ1) is 15.9. The van der Waals surface area contributed by atoms with Crippen molar-refractivity contribution in [1.29, 1.82) is 0 Å². The summed E-state index contributed by atoms with van der Waals surface area (Å²) in [6.45, 7) is 5.92. The lowest BCUT2D eigenvalue weighted by Crippen LogP contribution is -2.26. The zero-order chi connectivity index (χ0) is 24.1. The van der Waals surface area contributed by atoms with E-state index in [1.807, 2.05) is 30.3 Å². The lowest BCUT2D eigenvalue weighted by atomic mass is 10.1. The molecule has 0 aliphatic heterocycles. The average molecular weight is 452 g/mol. The molecule has 174 valence electrons. The molecule has 1 aromatic carbocycles. The monoisotopic (exact) mass is 451 g/mol. The van der Waals surface area contributed by atoms with Gasteiger partial charge >= 0.3 is 0 Å². The standard InChI is InChI=1S/C25H29N3O5/c1-3-23(31)26-12-7-8-18(2)14-20(29)15-21(30)16-24-28-22(17-33-24)25(32)27-13-11-19-9-5-4-6-10-19/h3-10,14,17,20,29H,1,11-13,15-16H2,2H3,(H,26,31)(H,27,32)/b8-7+,18-14+. The van der Waals surface area contributed by atoms with Crippen molar-refractivity contribution in [2.45, 2.75) is 32.3 Å². The Labute approximate surface area is 193 Å². The minimum Gasteiger partial charge on any atom is -0.448 e. The lowest BCUT2D eigenvalue weighted by molar-refractivity contribution is -0.120. The minimum absolute atomic E-state index is 0.107. The number of carbonyl (C=O) groups excluding carboxylic acids is 3. The van der Waals surface area contributed by atoms with Crippen molar-refractivity contribution in [3.63, 3.8) is 0 Å². The molecule has 3 N–H and O–H groups in total. The summed E-state index contributed by atoms with van der Waals surface area (Å²) in [7, 11) is 0. The molecule has 0 spiro atoms. The quantitative estimate of drug-likeness (QED) is 0.317. The smallest absolute Gasteiger partial charge is 0.273 e. The Hall–Kier alpha value is -3.78. The molecule has 0 saturated heterocycles. The molecule has 1 heterocycles. The molecule has 1 unspecified atom stereocenters. The van der Waals surface area contributed by atoms with E-state index >= 15 is 0 Å². The number of allylic oxidation sites excluding steroid dienone is 2. The molecule has 8 heteroatoms. The van der Waals surface area contributed by atoms with Gasteiger partial charge in [0.2, 0.25) is 11.8 Å². The van der Waals surface area contributed by atoms with E-state index in [1.54, 1.807) is 25.2 Å². The second-order valence-corrected chi connectivity index (χ2v) is 7.37. The summed E-state index contributed by atoms with van der Waals surface area (Å²) in [6, 6.07) is 9.78. The summed E-state index contributed by atoms with van der Waals surface area (Å²) in [5.74, 6) is -0.792. The van der Waals surface area contributed by atoms with Gasteiger partial charge in [0.05, 0.1) is 12.5 Å². The van der Waals surface area contributed by atoms with Crippen molar-refractivity contribution in [3.8, 4) is 0 Å². The summed E-state index contributed by atoms with van der Waals surface area (Å²) >= 11 is 0. The van der Waals surface area contributed by atoms with Gasteiger partial charge in [-0.15, -0.1) is 0 Å². The van der Waals surface area contributed by atoms with Gasteiger partial charge in [-0.1, -0.05) is 60.7 Å². The molecule has 2 amide bonds. The molecule has 2 rings (SSSR count). The largest absolute Gasteiger partial charge is 0.448 e. The molecule has 0 aliphatic carbocycles. The van der Waals surface area contributed by atoms with Gasteiger partial charge < -0.3 is 20.2 Å². The molecule has 0 fully saturated rings. The molecular weight excluding hydrogens is 422 g/mol. The van der Waals surface area contributed by atoms with Crippen LogP contribution in [-0.4, -0.2) is 46.9 Å². The van der Waals surface area contributed by atoms with E-state index in [-0.39, 0.29) is 42.0 Å². The van der Waals surface area contributed by atoms with Gasteiger partial charge in [-0.3, -0.25) is 14.4 Å². The van der Waals surface area contributed by atoms with E-state index in [2.05, 4.69) is 22.2 Å². The highest BCUT2D eigenvalue weighted by Crippen LogP contribution is 2.08. The summed E-state index contributed by atoms with van der Waals surface area (Å²) in [4.78, 5) is 39.5. The summed E-state index contributed by atoms with van der Waals surface area (Å²) in [5, 5.41) is 15.5. The SMILES string of the molecule is C=CC(=O)NC/C=C/C(C)=C/C(O)CC(=O)Cc1nc(C(=O)NCCc2ccccc2)co1.